The van der Waals surface area contributed by atoms with Crippen LogP contribution >= 0.6 is 7.68 Å². The van der Waals surface area contributed by atoms with Crippen LogP contribution in [0.4, 0.5) is 0 Å². The van der Waals surface area contributed by atoms with Crippen LogP contribution in [0, 0.1) is 0 Å². The van der Waals surface area contributed by atoms with Gasteiger partial charge >= 0.3 is 13.6 Å². The summed E-state index contributed by atoms with van der Waals surface area (Å²) in [5.41, 5.74) is 0. The van der Waals surface area contributed by atoms with Gasteiger partial charge in [0, 0.05) is 6.92 Å². The molecule has 5 heteroatoms. The van der Waals surface area contributed by atoms with Gasteiger partial charge in [-0.05, 0) is 12.8 Å². The highest BCUT2D eigenvalue weighted by Crippen LogP contribution is 2.36. The summed E-state index contributed by atoms with van der Waals surface area (Å²) in [5.74, 6) is -0.442. The molecule has 0 fully saturated rings. The van der Waals surface area contributed by atoms with Crippen molar-refractivity contribution < 1.29 is 18.7 Å². The fourth-order valence-electron chi connectivity index (χ4n) is 1.00. The van der Waals surface area contributed by atoms with E-state index in [1.54, 1.807) is 13.8 Å². The second-order valence-electron chi connectivity index (χ2n) is 2.97. The Kier molecular flexibility index (Phi) is 4.92. The molecule has 0 aromatic rings. The number of hydrogen-bond donors (Lipinski definition) is 0. The lowest BCUT2D eigenvalue weighted by molar-refractivity contribution is -0.141. The Balaban J connectivity index is 4.49. The molecule has 0 N–H and O–H groups in total. The second-order valence-corrected chi connectivity index (χ2v) is 4.43. The van der Waals surface area contributed by atoms with Crippen molar-refractivity contribution >= 4 is 13.6 Å². The Bertz CT molecular complexity index is 233. The van der Waals surface area contributed by atoms with Crippen molar-refractivity contribution in [3.63, 3.8) is 0 Å². The van der Waals surface area contributed by atoms with Crippen molar-refractivity contribution in [2.45, 2.75) is 38.8 Å². The standard InChI is InChI=1S/C8H15O4P/c1-4-8(5-2,13(10)11)6-12-7(3)9/h4-6H2,1-3H3. The Hall–Kier alpha value is -0.630. The van der Waals surface area contributed by atoms with E-state index < -0.39 is 18.8 Å². The second kappa shape index (κ2) is 5.18. The van der Waals surface area contributed by atoms with E-state index >= 15 is 0 Å². The van der Waals surface area contributed by atoms with Gasteiger partial charge in [-0.3, -0.25) is 4.79 Å². The zero-order valence-electron chi connectivity index (χ0n) is 8.20. The van der Waals surface area contributed by atoms with Crippen LogP contribution in [0.5, 0.6) is 0 Å². The van der Waals surface area contributed by atoms with Gasteiger partial charge in [-0.2, -0.15) is 0 Å². The smallest absolute Gasteiger partial charge is 0.325 e. The number of hydrogen-bond acceptors (Lipinski definition) is 4. The first-order chi connectivity index (χ1) is 5.98. The third-order valence-electron chi connectivity index (χ3n) is 2.25. The molecule has 0 aliphatic heterocycles. The molecule has 0 radical (unpaired) electrons. The SMILES string of the molecule is CCC(CC)(COC(C)=O)P(=O)=O. The van der Waals surface area contributed by atoms with Gasteiger partial charge < -0.3 is 4.74 Å². The lowest BCUT2D eigenvalue weighted by atomic mass is 10.0. The first-order valence-corrected chi connectivity index (χ1v) is 5.44. The fraction of sp³-hybridized carbons (Fsp3) is 0.875. The molecule has 0 amide bonds. The Labute approximate surface area is 78.5 Å². The molecular weight excluding hydrogens is 191 g/mol. The van der Waals surface area contributed by atoms with Gasteiger partial charge in [-0.1, -0.05) is 13.8 Å². The quantitative estimate of drug-likeness (QED) is 0.511. The molecule has 0 heterocycles. The first-order valence-electron chi connectivity index (χ1n) is 4.26. The first kappa shape index (κ1) is 12.4. The highest BCUT2D eigenvalue weighted by Gasteiger charge is 2.34. The Morgan fingerprint density at radius 1 is 1.31 bits per heavy atom. The van der Waals surface area contributed by atoms with E-state index in [2.05, 4.69) is 0 Å². The van der Waals surface area contributed by atoms with Gasteiger partial charge in [-0.25, -0.2) is 9.13 Å². The average Bonchev–Trinajstić information content (AvgIpc) is 2.06. The molecule has 76 valence electrons. The molecule has 0 unspecified atom stereocenters. The molecule has 0 saturated carbocycles. The number of rotatable bonds is 5. The molecule has 0 saturated heterocycles. The number of carbonyl (C=O) groups is 1. The largest absolute Gasteiger partial charge is 0.464 e. The van der Waals surface area contributed by atoms with Crippen molar-refractivity contribution in [2.24, 2.45) is 0 Å². The molecule has 0 aromatic carbocycles. The summed E-state index contributed by atoms with van der Waals surface area (Å²) in [7, 11) is -2.56. The van der Waals surface area contributed by atoms with Crippen LogP contribution in [0.2, 0.25) is 0 Å². The molecule has 0 atom stereocenters. The van der Waals surface area contributed by atoms with E-state index in [1.165, 1.54) is 6.92 Å². The number of carbonyl (C=O) groups excluding carboxylic acids is 1. The highest BCUT2D eigenvalue weighted by atomic mass is 31.1. The minimum Gasteiger partial charge on any atom is -0.464 e. The predicted molar refractivity (Wildman–Crippen MR) is 48.2 cm³/mol. The lowest BCUT2D eigenvalue weighted by Gasteiger charge is -2.21. The predicted octanol–water partition coefficient (Wildman–Crippen LogP) is 2.28. The van der Waals surface area contributed by atoms with E-state index in [0.29, 0.717) is 12.8 Å². The van der Waals surface area contributed by atoms with Crippen molar-refractivity contribution in [3.05, 3.63) is 0 Å². The summed E-state index contributed by atoms with van der Waals surface area (Å²) >= 11 is 0. The van der Waals surface area contributed by atoms with Gasteiger partial charge in [-0.15, -0.1) is 0 Å². The molecule has 0 bridgehead atoms. The zero-order valence-corrected chi connectivity index (χ0v) is 9.10. The van der Waals surface area contributed by atoms with E-state index in [-0.39, 0.29) is 6.61 Å². The molecule has 4 nitrogen and oxygen atoms in total. The van der Waals surface area contributed by atoms with E-state index in [4.69, 9.17) is 4.74 Å². The minimum atomic E-state index is -2.56. The van der Waals surface area contributed by atoms with E-state index in [9.17, 15) is 13.9 Å². The van der Waals surface area contributed by atoms with Crippen LogP contribution in [0.15, 0.2) is 0 Å². The highest BCUT2D eigenvalue weighted by molar-refractivity contribution is 7.33. The monoisotopic (exact) mass is 206 g/mol. The molecular formula is C8H15O4P. The molecule has 13 heavy (non-hydrogen) atoms. The summed E-state index contributed by atoms with van der Waals surface area (Å²) < 4.78 is 26.6. The summed E-state index contributed by atoms with van der Waals surface area (Å²) in [5, 5.41) is -0.874. The van der Waals surface area contributed by atoms with Gasteiger partial charge in [0.25, 0.3) is 0 Å². The van der Waals surface area contributed by atoms with Crippen LogP contribution in [-0.2, 0) is 18.7 Å². The van der Waals surface area contributed by atoms with Gasteiger partial charge in [0.2, 0.25) is 0 Å². The number of ether oxygens (including phenoxy) is 1. The van der Waals surface area contributed by atoms with Gasteiger partial charge in [0.15, 0.2) is 0 Å². The van der Waals surface area contributed by atoms with Crippen LogP contribution in [-0.4, -0.2) is 17.7 Å². The van der Waals surface area contributed by atoms with Crippen molar-refractivity contribution in [1.29, 1.82) is 0 Å². The fourth-order valence-corrected chi connectivity index (χ4v) is 1.69. The molecule has 0 aromatic heterocycles. The zero-order chi connectivity index (χ0) is 10.5. The van der Waals surface area contributed by atoms with E-state index in [1.807, 2.05) is 0 Å². The maximum absolute atomic E-state index is 10.9. The van der Waals surface area contributed by atoms with Crippen molar-refractivity contribution in [3.8, 4) is 0 Å². The van der Waals surface area contributed by atoms with Crippen molar-refractivity contribution in [1.82, 2.24) is 0 Å². The molecule has 0 aliphatic carbocycles. The molecule has 0 rings (SSSR count). The Morgan fingerprint density at radius 2 is 1.77 bits per heavy atom. The minimum absolute atomic E-state index is 0.0337. The van der Waals surface area contributed by atoms with E-state index in [0.717, 1.165) is 0 Å². The van der Waals surface area contributed by atoms with Gasteiger partial charge in [0.05, 0.1) is 0 Å². The Morgan fingerprint density at radius 3 is 2.00 bits per heavy atom. The third-order valence-corrected chi connectivity index (χ3v) is 3.78. The van der Waals surface area contributed by atoms with Crippen molar-refractivity contribution in [2.75, 3.05) is 6.61 Å². The topological polar surface area (TPSA) is 60.4 Å². The number of esters is 1. The molecule has 0 aliphatic rings. The maximum Gasteiger partial charge on any atom is 0.325 e. The van der Waals surface area contributed by atoms with Crippen LogP contribution < -0.4 is 0 Å². The third kappa shape index (κ3) is 3.31. The summed E-state index contributed by atoms with van der Waals surface area (Å²) in [4.78, 5) is 10.5. The summed E-state index contributed by atoms with van der Waals surface area (Å²) in [6.45, 7) is 4.79. The van der Waals surface area contributed by atoms with Gasteiger partial charge in [0.1, 0.15) is 11.8 Å². The summed E-state index contributed by atoms with van der Waals surface area (Å²) in [6, 6.07) is 0. The maximum atomic E-state index is 10.9. The summed E-state index contributed by atoms with van der Waals surface area (Å²) in [6.07, 6.45) is 0.935. The van der Waals surface area contributed by atoms with Crippen LogP contribution in [0.3, 0.4) is 0 Å². The average molecular weight is 206 g/mol. The van der Waals surface area contributed by atoms with Crippen LogP contribution in [0.1, 0.15) is 33.6 Å². The van der Waals surface area contributed by atoms with Crippen LogP contribution in [0.25, 0.3) is 0 Å². The normalized spacial score (nSPS) is 11.0. The molecule has 0 spiro atoms. The lowest BCUT2D eigenvalue weighted by Crippen LogP contribution is -2.28.